The van der Waals surface area contributed by atoms with Gasteiger partial charge in [-0.1, -0.05) is 20.8 Å². The summed E-state index contributed by atoms with van der Waals surface area (Å²) in [6, 6.07) is 0. The average molecular weight is 267 g/mol. The van der Waals surface area contributed by atoms with Crippen LogP contribution in [0.25, 0.3) is 0 Å². The van der Waals surface area contributed by atoms with Gasteiger partial charge in [-0.2, -0.15) is 5.10 Å². The largest absolute Gasteiger partial charge is 0.342 e. The SMILES string of the molecule is CCCN(CC(C)(C)CN)C(=O)CCn1cncn1. The first kappa shape index (κ1) is 15.6. The lowest BCUT2D eigenvalue weighted by atomic mass is 9.93. The minimum Gasteiger partial charge on any atom is -0.342 e. The fourth-order valence-corrected chi connectivity index (χ4v) is 1.86. The van der Waals surface area contributed by atoms with Gasteiger partial charge in [0.25, 0.3) is 0 Å². The molecule has 6 heteroatoms. The number of hydrogen-bond donors (Lipinski definition) is 1. The summed E-state index contributed by atoms with van der Waals surface area (Å²) in [5.74, 6) is 0.152. The first-order chi connectivity index (χ1) is 8.98. The maximum atomic E-state index is 12.2. The van der Waals surface area contributed by atoms with Crippen molar-refractivity contribution in [2.75, 3.05) is 19.6 Å². The van der Waals surface area contributed by atoms with Crippen LogP contribution in [0.4, 0.5) is 0 Å². The van der Waals surface area contributed by atoms with E-state index in [2.05, 4.69) is 30.9 Å². The van der Waals surface area contributed by atoms with Gasteiger partial charge in [-0.3, -0.25) is 9.48 Å². The van der Waals surface area contributed by atoms with Gasteiger partial charge in [0.2, 0.25) is 5.91 Å². The second-order valence-corrected chi connectivity index (χ2v) is 5.59. The van der Waals surface area contributed by atoms with Gasteiger partial charge in [-0.15, -0.1) is 0 Å². The van der Waals surface area contributed by atoms with Crippen molar-refractivity contribution in [2.24, 2.45) is 11.1 Å². The zero-order valence-corrected chi connectivity index (χ0v) is 12.2. The summed E-state index contributed by atoms with van der Waals surface area (Å²) in [6.45, 7) is 8.87. The minimum atomic E-state index is -0.0436. The van der Waals surface area contributed by atoms with Gasteiger partial charge >= 0.3 is 0 Å². The van der Waals surface area contributed by atoms with Crippen LogP contribution in [0, 0.1) is 5.41 Å². The fourth-order valence-electron chi connectivity index (χ4n) is 1.86. The second-order valence-electron chi connectivity index (χ2n) is 5.59. The number of hydrogen-bond acceptors (Lipinski definition) is 4. The molecule has 0 aliphatic rings. The number of nitrogens with zero attached hydrogens (tertiary/aromatic N) is 4. The second kappa shape index (κ2) is 7.23. The van der Waals surface area contributed by atoms with Gasteiger partial charge in [-0.25, -0.2) is 4.98 Å². The van der Waals surface area contributed by atoms with Crippen molar-refractivity contribution < 1.29 is 4.79 Å². The highest BCUT2D eigenvalue weighted by molar-refractivity contribution is 5.76. The molecule has 0 bridgehead atoms. The van der Waals surface area contributed by atoms with E-state index in [0.29, 0.717) is 26.1 Å². The Morgan fingerprint density at radius 2 is 2.21 bits per heavy atom. The molecule has 0 radical (unpaired) electrons. The molecule has 0 saturated heterocycles. The lowest BCUT2D eigenvalue weighted by Crippen LogP contribution is -2.42. The number of carbonyl (C=O) groups is 1. The Balaban J connectivity index is 2.52. The van der Waals surface area contributed by atoms with Crippen LogP contribution < -0.4 is 5.73 Å². The lowest BCUT2D eigenvalue weighted by molar-refractivity contribution is -0.132. The summed E-state index contributed by atoms with van der Waals surface area (Å²) in [5, 5.41) is 4.00. The van der Waals surface area contributed by atoms with Gasteiger partial charge in [0.15, 0.2) is 0 Å². The molecule has 0 atom stereocenters. The van der Waals surface area contributed by atoms with Gasteiger partial charge in [0.05, 0.1) is 6.54 Å². The Morgan fingerprint density at radius 3 is 2.74 bits per heavy atom. The zero-order chi connectivity index (χ0) is 14.3. The van der Waals surface area contributed by atoms with Crippen molar-refractivity contribution in [1.29, 1.82) is 0 Å². The molecule has 0 saturated carbocycles. The number of nitrogens with two attached hydrogens (primary N) is 1. The van der Waals surface area contributed by atoms with E-state index in [4.69, 9.17) is 5.73 Å². The third kappa shape index (κ3) is 5.38. The number of amides is 1. The Hall–Kier alpha value is -1.43. The number of aromatic nitrogens is 3. The zero-order valence-electron chi connectivity index (χ0n) is 12.2. The molecule has 1 aromatic rings. The standard InChI is InChI=1S/C13H25N5O/c1-4-6-17(9-13(2,3)8-14)12(19)5-7-18-11-15-10-16-18/h10-11H,4-9,14H2,1-3H3. The van der Waals surface area contributed by atoms with Crippen LogP contribution in [0.2, 0.25) is 0 Å². The predicted octanol–water partition coefficient (Wildman–Crippen LogP) is 0.892. The van der Waals surface area contributed by atoms with E-state index in [1.807, 2.05) is 4.90 Å². The Kier molecular flexibility index (Phi) is 5.95. The van der Waals surface area contributed by atoms with E-state index < -0.39 is 0 Å². The average Bonchev–Trinajstić information content (AvgIpc) is 2.88. The highest BCUT2D eigenvalue weighted by Crippen LogP contribution is 2.16. The van der Waals surface area contributed by atoms with Crippen LogP contribution in [-0.4, -0.2) is 45.2 Å². The van der Waals surface area contributed by atoms with Crippen LogP contribution in [0.5, 0.6) is 0 Å². The fraction of sp³-hybridized carbons (Fsp3) is 0.769. The predicted molar refractivity (Wildman–Crippen MR) is 74.3 cm³/mol. The summed E-state index contributed by atoms with van der Waals surface area (Å²) >= 11 is 0. The van der Waals surface area contributed by atoms with Gasteiger partial charge in [0.1, 0.15) is 12.7 Å². The molecule has 6 nitrogen and oxygen atoms in total. The Morgan fingerprint density at radius 1 is 1.47 bits per heavy atom. The molecular weight excluding hydrogens is 242 g/mol. The highest BCUT2D eigenvalue weighted by Gasteiger charge is 2.23. The van der Waals surface area contributed by atoms with E-state index in [1.54, 1.807) is 11.0 Å². The first-order valence-electron chi connectivity index (χ1n) is 6.79. The summed E-state index contributed by atoms with van der Waals surface area (Å²) in [6.07, 6.45) is 4.51. The lowest BCUT2D eigenvalue weighted by Gasteiger charge is -2.31. The molecule has 2 N–H and O–H groups in total. The smallest absolute Gasteiger partial charge is 0.224 e. The van der Waals surface area contributed by atoms with Crippen molar-refractivity contribution in [3.8, 4) is 0 Å². The van der Waals surface area contributed by atoms with Crippen molar-refractivity contribution >= 4 is 5.91 Å². The number of aryl methyl sites for hydroxylation is 1. The molecule has 0 spiro atoms. The summed E-state index contributed by atoms with van der Waals surface area (Å²) < 4.78 is 1.68. The number of carbonyl (C=O) groups excluding carboxylic acids is 1. The van der Waals surface area contributed by atoms with E-state index in [-0.39, 0.29) is 11.3 Å². The van der Waals surface area contributed by atoms with Gasteiger partial charge < -0.3 is 10.6 Å². The summed E-state index contributed by atoms with van der Waals surface area (Å²) in [4.78, 5) is 18.0. The summed E-state index contributed by atoms with van der Waals surface area (Å²) in [7, 11) is 0. The molecule has 1 amide bonds. The molecule has 1 aromatic heterocycles. The van der Waals surface area contributed by atoms with E-state index >= 15 is 0 Å². The van der Waals surface area contributed by atoms with Crippen molar-refractivity contribution in [1.82, 2.24) is 19.7 Å². The molecular formula is C13H25N5O. The first-order valence-corrected chi connectivity index (χ1v) is 6.79. The third-order valence-electron chi connectivity index (χ3n) is 3.04. The van der Waals surface area contributed by atoms with Crippen LogP contribution >= 0.6 is 0 Å². The Labute approximate surface area is 115 Å². The molecule has 19 heavy (non-hydrogen) atoms. The quantitative estimate of drug-likeness (QED) is 0.759. The molecule has 0 aliphatic heterocycles. The minimum absolute atomic E-state index is 0.0436. The van der Waals surface area contributed by atoms with Gasteiger partial charge in [-0.05, 0) is 18.4 Å². The number of rotatable bonds is 8. The van der Waals surface area contributed by atoms with Gasteiger partial charge in [0, 0.05) is 19.5 Å². The van der Waals surface area contributed by atoms with Crippen molar-refractivity contribution in [2.45, 2.75) is 40.2 Å². The maximum absolute atomic E-state index is 12.2. The third-order valence-corrected chi connectivity index (χ3v) is 3.04. The molecule has 108 valence electrons. The molecule has 0 aromatic carbocycles. The van der Waals surface area contributed by atoms with E-state index in [1.165, 1.54) is 6.33 Å². The molecule has 1 heterocycles. The Bertz CT molecular complexity index is 374. The van der Waals surface area contributed by atoms with Crippen molar-refractivity contribution in [3.05, 3.63) is 12.7 Å². The topological polar surface area (TPSA) is 77.0 Å². The molecule has 1 rings (SSSR count). The summed E-state index contributed by atoms with van der Waals surface area (Å²) in [5.41, 5.74) is 5.70. The van der Waals surface area contributed by atoms with Crippen LogP contribution in [0.1, 0.15) is 33.6 Å². The highest BCUT2D eigenvalue weighted by atomic mass is 16.2. The van der Waals surface area contributed by atoms with E-state index in [0.717, 1.165) is 13.0 Å². The maximum Gasteiger partial charge on any atom is 0.224 e. The van der Waals surface area contributed by atoms with Crippen LogP contribution in [-0.2, 0) is 11.3 Å². The molecule has 0 fully saturated rings. The van der Waals surface area contributed by atoms with Crippen molar-refractivity contribution in [3.63, 3.8) is 0 Å². The van der Waals surface area contributed by atoms with Crippen LogP contribution in [0.3, 0.4) is 0 Å². The van der Waals surface area contributed by atoms with Crippen LogP contribution in [0.15, 0.2) is 12.7 Å². The normalized spacial score (nSPS) is 11.6. The molecule has 0 unspecified atom stereocenters. The monoisotopic (exact) mass is 267 g/mol. The molecule has 0 aliphatic carbocycles. The van der Waals surface area contributed by atoms with E-state index in [9.17, 15) is 4.79 Å².